The second kappa shape index (κ2) is 6.91. The number of amides is 1. The lowest BCUT2D eigenvalue weighted by Crippen LogP contribution is -2.36. The number of halogens is 1. The van der Waals surface area contributed by atoms with Crippen LogP contribution in [0.15, 0.2) is 22.7 Å². The van der Waals surface area contributed by atoms with Crippen LogP contribution >= 0.6 is 15.9 Å². The zero-order valence-electron chi connectivity index (χ0n) is 11.6. The molecule has 0 saturated carbocycles. The van der Waals surface area contributed by atoms with Crippen LogP contribution in [0.4, 0.5) is 5.69 Å². The normalized spacial score (nSPS) is 12.5. The Morgan fingerprint density at radius 3 is 2.47 bits per heavy atom. The van der Waals surface area contributed by atoms with Gasteiger partial charge in [0.05, 0.1) is 12.6 Å². The number of anilines is 1. The summed E-state index contributed by atoms with van der Waals surface area (Å²) in [5, 5.41) is 9.61. The number of hydrogen-bond acceptors (Lipinski definition) is 3. The number of rotatable bonds is 6. The third-order valence-electron chi connectivity index (χ3n) is 2.73. The predicted molar refractivity (Wildman–Crippen MR) is 81.0 cm³/mol. The van der Waals surface area contributed by atoms with E-state index in [1.165, 1.54) is 0 Å². The molecule has 0 aliphatic rings. The molecule has 1 aromatic rings. The summed E-state index contributed by atoms with van der Waals surface area (Å²) in [7, 11) is 0. The summed E-state index contributed by atoms with van der Waals surface area (Å²) >= 11 is 3.45. The molecule has 1 unspecified atom stereocenters. The smallest absolute Gasteiger partial charge is 0.236 e. The Balaban J connectivity index is 3.02. The van der Waals surface area contributed by atoms with Crippen LogP contribution in [-0.2, 0) is 4.79 Å². The first kappa shape index (κ1) is 16.0. The highest BCUT2D eigenvalue weighted by Crippen LogP contribution is 2.28. The van der Waals surface area contributed by atoms with Gasteiger partial charge in [0.1, 0.15) is 0 Å². The van der Waals surface area contributed by atoms with Crippen molar-refractivity contribution >= 4 is 27.5 Å². The van der Waals surface area contributed by atoms with Crippen LogP contribution in [-0.4, -0.2) is 24.1 Å². The van der Waals surface area contributed by atoms with Gasteiger partial charge in [0.2, 0.25) is 5.91 Å². The number of hydrogen-bond donors (Lipinski definition) is 2. The van der Waals surface area contributed by atoms with Crippen LogP contribution < -0.4 is 10.6 Å². The third kappa shape index (κ3) is 4.84. The van der Waals surface area contributed by atoms with E-state index >= 15 is 0 Å². The van der Waals surface area contributed by atoms with Crippen LogP contribution in [0.2, 0.25) is 0 Å². The van der Waals surface area contributed by atoms with E-state index < -0.39 is 6.10 Å². The largest absolute Gasteiger partial charge is 0.389 e. The van der Waals surface area contributed by atoms with E-state index in [9.17, 15) is 9.90 Å². The molecule has 1 aromatic carbocycles. The number of nitrogens with zero attached hydrogens (tertiary/aromatic N) is 1. The van der Waals surface area contributed by atoms with Crippen molar-refractivity contribution in [3.63, 3.8) is 0 Å². The van der Waals surface area contributed by atoms with Crippen molar-refractivity contribution in [2.24, 2.45) is 11.7 Å². The van der Waals surface area contributed by atoms with Gasteiger partial charge >= 0.3 is 0 Å². The molecule has 0 saturated heterocycles. The molecule has 1 atom stereocenters. The predicted octanol–water partition coefficient (Wildman–Crippen LogP) is 2.45. The minimum absolute atomic E-state index is 0.193. The Hall–Kier alpha value is -1.07. The average Bonchev–Trinajstić information content (AvgIpc) is 2.26. The van der Waals surface area contributed by atoms with Crippen molar-refractivity contribution in [1.82, 2.24) is 0 Å². The summed E-state index contributed by atoms with van der Waals surface area (Å²) in [6, 6.07) is 5.67. The van der Waals surface area contributed by atoms with Gasteiger partial charge in [-0.15, -0.1) is 0 Å². The van der Waals surface area contributed by atoms with E-state index in [0.717, 1.165) is 22.3 Å². The molecular weight excluding hydrogens is 308 g/mol. The summed E-state index contributed by atoms with van der Waals surface area (Å²) < 4.78 is 0.832. The maximum atomic E-state index is 11.2. The van der Waals surface area contributed by atoms with Crippen LogP contribution in [0.1, 0.15) is 32.4 Å². The van der Waals surface area contributed by atoms with Crippen LogP contribution in [0.5, 0.6) is 0 Å². The fraction of sp³-hybridized carbons (Fsp3) is 0.500. The lowest BCUT2D eigenvalue weighted by molar-refractivity contribution is -0.116. The molecule has 0 radical (unpaired) electrons. The molecule has 0 spiro atoms. The van der Waals surface area contributed by atoms with Crippen LogP contribution in [0, 0.1) is 5.92 Å². The second-order valence-electron chi connectivity index (χ2n) is 5.12. The number of aliphatic hydroxyl groups excluding tert-OH is 1. The SMILES string of the molecule is CC(C)CN(CC(N)=O)c1ccc(C(C)O)c(Br)c1. The Kier molecular flexibility index (Phi) is 5.82. The summed E-state index contributed by atoms with van der Waals surface area (Å²) in [6.07, 6.45) is -0.530. The van der Waals surface area contributed by atoms with E-state index in [1.54, 1.807) is 6.92 Å². The van der Waals surface area contributed by atoms with Gasteiger partial charge in [-0.3, -0.25) is 4.79 Å². The van der Waals surface area contributed by atoms with Gasteiger partial charge in [0, 0.05) is 16.7 Å². The number of primary amides is 1. The van der Waals surface area contributed by atoms with Gasteiger partial charge in [-0.25, -0.2) is 0 Å². The van der Waals surface area contributed by atoms with E-state index in [2.05, 4.69) is 29.8 Å². The van der Waals surface area contributed by atoms with E-state index in [0.29, 0.717) is 5.92 Å². The summed E-state index contributed by atoms with van der Waals surface area (Å²) in [6.45, 7) is 6.84. The summed E-state index contributed by atoms with van der Waals surface area (Å²) in [4.78, 5) is 13.1. The number of aliphatic hydroxyl groups is 1. The highest BCUT2D eigenvalue weighted by Gasteiger charge is 2.14. The Labute approximate surface area is 122 Å². The summed E-state index contributed by atoms with van der Waals surface area (Å²) in [5.41, 5.74) is 7.04. The molecule has 0 aliphatic heterocycles. The molecule has 0 heterocycles. The number of nitrogens with two attached hydrogens (primary N) is 1. The lowest BCUT2D eigenvalue weighted by atomic mass is 10.1. The minimum Gasteiger partial charge on any atom is -0.389 e. The maximum absolute atomic E-state index is 11.2. The van der Waals surface area contributed by atoms with Gasteiger partial charge in [0.25, 0.3) is 0 Å². The standard InChI is InChI=1S/C14H21BrN2O2/c1-9(2)7-17(8-14(16)19)11-4-5-12(10(3)18)13(15)6-11/h4-6,9-10,18H,7-8H2,1-3H3,(H2,16,19). The topological polar surface area (TPSA) is 66.6 Å². The Morgan fingerprint density at radius 1 is 1.42 bits per heavy atom. The molecule has 3 N–H and O–H groups in total. The zero-order valence-corrected chi connectivity index (χ0v) is 13.1. The molecular formula is C14H21BrN2O2. The highest BCUT2D eigenvalue weighted by molar-refractivity contribution is 9.10. The molecule has 1 rings (SSSR count). The first-order valence-corrected chi connectivity index (χ1v) is 7.11. The van der Waals surface area contributed by atoms with Crippen molar-refractivity contribution in [3.8, 4) is 0 Å². The van der Waals surface area contributed by atoms with Gasteiger partial charge in [-0.05, 0) is 30.5 Å². The van der Waals surface area contributed by atoms with Gasteiger partial charge in [-0.1, -0.05) is 35.8 Å². The van der Waals surface area contributed by atoms with Gasteiger partial charge < -0.3 is 15.7 Å². The Morgan fingerprint density at radius 2 is 2.05 bits per heavy atom. The second-order valence-corrected chi connectivity index (χ2v) is 5.98. The number of carbonyl (C=O) groups excluding carboxylic acids is 1. The molecule has 5 heteroatoms. The number of carbonyl (C=O) groups is 1. The van der Waals surface area contributed by atoms with Gasteiger partial charge in [0.15, 0.2) is 0 Å². The Bertz CT molecular complexity index is 447. The highest BCUT2D eigenvalue weighted by atomic mass is 79.9. The lowest BCUT2D eigenvalue weighted by Gasteiger charge is -2.26. The quantitative estimate of drug-likeness (QED) is 0.842. The fourth-order valence-corrected chi connectivity index (χ4v) is 2.64. The van der Waals surface area contributed by atoms with Crippen molar-refractivity contribution < 1.29 is 9.90 Å². The van der Waals surface area contributed by atoms with Crippen LogP contribution in [0.3, 0.4) is 0 Å². The van der Waals surface area contributed by atoms with Crippen molar-refractivity contribution in [2.45, 2.75) is 26.9 Å². The molecule has 0 aromatic heterocycles. The molecule has 0 aliphatic carbocycles. The van der Waals surface area contributed by atoms with E-state index in [-0.39, 0.29) is 12.5 Å². The minimum atomic E-state index is -0.530. The summed E-state index contributed by atoms with van der Waals surface area (Å²) in [5.74, 6) is 0.0749. The number of benzene rings is 1. The molecule has 0 bridgehead atoms. The van der Waals surface area contributed by atoms with E-state index in [1.807, 2.05) is 23.1 Å². The molecule has 4 nitrogen and oxygen atoms in total. The van der Waals surface area contributed by atoms with Gasteiger partial charge in [-0.2, -0.15) is 0 Å². The zero-order chi connectivity index (χ0) is 14.6. The van der Waals surface area contributed by atoms with Crippen LogP contribution in [0.25, 0.3) is 0 Å². The molecule has 19 heavy (non-hydrogen) atoms. The molecule has 106 valence electrons. The van der Waals surface area contributed by atoms with E-state index in [4.69, 9.17) is 5.73 Å². The first-order valence-electron chi connectivity index (χ1n) is 6.32. The van der Waals surface area contributed by atoms with Crippen molar-refractivity contribution in [2.75, 3.05) is 18.0 Å². The monoisotopic (exact) mass is 328 g/mol. The molecule has 0 fully saturated rings. The third-order valence-corrected chi connectivity index (χ3v) is 3.42. The maximum Gasteiger partial charge on any atom is 0.236 e. The first-order chi connectivity index (χ1) is 8.81. The van der Waals surface area contributed by atoms with Crippen molar-refractivity contribution in [3.05, 3.63) is 28.2 Å². The molecule has 1 amide bonds. The average molecular weight is 329 g/mol. The van der Waals surface area contributed by atoms with Crippen molar-refractivity contribution in [1.29, 1.82) is 0 Å². The fourth-order valence-electron chi connectivity index (χ4n) is 1.94.